The minimum Gasteiger partial charge on any atom is -0.384 e. The van der Waals surface area contributed by atoms with Crippen molar-refractivity contribution in [3.8, 4) is 17.1 Å². The summed E-state index contributed by atoms with van der Waals surface area (Å²) in [6, 6.07) is 9.24. The number of nitrogens with two attached hydrogens (primary N) is 1. The van der Waals surface area contributed by atoms with Crippen molar-refractivity contribution in [2.24, 2.45) is 0 Å². The van der Waals surface area contributed by atoms with Crippen LogP contribution in [0.3, 0.4) is 0 Å². The number of nitrogen functional groups attached to an aromatic ring is 1. The number of hydrogen-bond acceptors (Lipinski definition) is 4. The van der Waals surface area contributed by atoms with Crippen LogP contribution >= 0.6 is 11.6 Å². The Bertz CT molecular complexity index is 708. The second-order valence-corrected chi connectivity index (χ2v) is 4.32. The molecule has 3 aromatic rings. The molecule has 0 atom stereocenters. The van der Waals surface area contributed by atoms with Gasteiger partial charge in [0.15, 0.2) is 5.82 Å². The predicted octanol–water partition coefficient (Wildman–Crippen LogP) is 2.56. The standard InChI is InChI=1S/C13H10ClN5/c14-10-4-2-1-3-9(10)11-7-12(15)19(18-11)13-8-16-5-6-17-13/h1-8H,15H2. The highest BCUT2D eigenvalue weighted by Gasteiger charge is 2.11. The summed E-state index contributed by atoms with van der Waals surface area (Å²) in [5.41, 5.74) is 7.48. The minimum atomic E-state index is 0.482. The number of benzene rings is 1. The van der Waals surface area contributed by atoms with E-state index in [9.17, 15) is 0 Å². The lowest BCUT2D eigenvalue weighted by Crippen LogP contribution is -2.03. The topological polar surface area (TPSA) is 69.6 Å². The Morgan fingerprint density at radius 2 is 2.00 bits per heavy atom. The summed E-state index contributed by atoms with van der Waals surface area (Å²) < 4.78 is 1.53. The third-order valence-corrected chi connectivity index (χ3v) is 2.98. The molecule has 0 fully saturated rings. The van der Waals surface area contributed by atoms with Gasteiger partial charge >= 0.3 is 0 Å². The largest absolute Gasteiger partial charge is 0.384 e. The number of aromatic nitrogens is 4. The van der Waals surface area contributed by atoms with Gasteiger partial charge in [-0.05, 0) is 6.07 Å². The van der Waals surface area contributed by atoms with E-state index in [1.54, 1.807) is 24.7 Å². The zero-order valence-corrected chi connectivity index (χ0v) is 10.6. The Hall–Kier alpha value is -2.40. The van der Waals surface area contributed by atoms with E-state index in [1.165, 1.54) is 4.68 Å². The Morgan fingerprint density at radius 1 is 1.16 bits per heavy atom. The van der Waals surface area contributed by atoms with E-state index in [1.807, 2.05) is 24.3 Å². The molecule has 2 N–H and O–H groups in total. The first-order valence-corrected chi connectivity index (χ1v) is 6.00. The summed E-state index contributed by atoms with van der Waals surface area (Å²) in [6.45, 7) is 0. The predicted molar refractivity (Wildman–Crippen MR) is 74.0 cm³/mol. The van der Waals surface area contributed by atoms with Crippen LogP contribution in [0.2, 0.25) is 5.02 Å². The van der Waals surface area contributed by atoms with E-state index in [4.69, 9.17) is 17.3 Å². The highest BCUT2D eigenvalue weighted by molar-refractivity contribution is 6.33. The van der Waals surface area contributed by atoms with E-state index in [0.717, 1.165) is 5.56 Å². The lowest BCUT2D eigenvalue weighted by atomic mass is 10.1. The van der Waals surface area contributed by atoms with Gasteiger partial charge in [-0.15, -0.1) is 0 Å². The molecule has 2 heterocycles. The second-order valence-electron chi connectivity index (χ2n) is 3.91. The van der Waals surface area contributed by atoms with Gasteiger partial charge < -0.3 is 5.73 Å². The lowest BCUT2D eigenvalue weighted by molar-refractivity contribution is 0.851. The normalized spacial score (nSPS) is 10.6. The van der Waals surface area contributed by atoms with Gasteiger partial charge in [0, 0.05) is 24.0 Å². The smallest absolute Gasteiger partial charge is 0.174 e. The molecular formula is C13H10ClN5. The van der Waals surface area contributed by atoms with Crippen LogP contribution in [0.15, 0.2) is 48.9 Å². The fourth-order valence-electron chi connectivity index (χ4n) is 1.78. The first kappa shape index (κ1) is 11.7. The van der Waals surface area contributed by atoms with E-state index in [2.05, 4.69) is 15.1 Å². The van der Waals surface area contributed by atoms with Crippen LogP contribution in [0.1, 0.15) is 0 Å². The summed E-state index contributed by atoms with van der Waals surface area (Å²) in [5, 5.41) is 5.05. The van der Waals surface area contributed by atoms with E-state index < -0.39 is 0 Å². The Kier molecular flexibility index (Phi) is 2.89. The average molecular weight is 272 g/mol. The van der Waals surface area contributed by atoms with E-state index in [0.29, 0.717) is 22.4 Å². The molecule has 0 aliphatic heterocycles. The van der Waals surface area contributed by atoms with Crippen LogP contribution in [-0.4, -0.2) is 19.7 Å². The number of hydrogen-bond donors (Lipinski definition) is 1. The molecule has 0 aliphatic carbocycles. The molecule has 0 unspecified atom stereocenters. The molecule has 94 valence electrons. The number of rotatable bonds is 2. The van der Waals surface area contributed by atoms with Crippen molar-refractivity contribution in [1.82, 2.24) is 19.7 Å². The minimum absolute atomic E-state index is 0.482. The molecule has 0 saturated heterocycles. The summed E-state index contributed by atoms with van der Waals surface area (Å²) in [6.07, 6.45) is 4.78. The molecule has 0 radical (unpaired) electrons. The maximum atomic E-state index is 6.15. The molecule has 0 aliphatic rings. The van der Waals surface area contributed by atoms with Crippen molar-refractivity contribution in [3.05, 3.63) is 53.9 Å². The van der Waals surface area contributed by atoms with Crippen molar-refractivity contribution < 1.29 is 0 Å². The SMILES string of the molecule is Nc1cc(-c2ccccc2Cl)nn1-c1cnccn1. The van der Waals surface area contributed by atoms with Gasteiger partial charge in [0.05, 0.1) is 16.9 Å². The number of anilines is 1. The van der Waals surface area contributed by atoms with Gasteiger partial charge in [-0.1, -0.05) is 29.8 Å². The summed E-state index contributed by atoms with van der Waals surface area (Å²) in [7, 11) is 0. The van der Waals surface area contributed by atoms with Crippen molar-refractivity contribution in [1.29, 1.82) is 0 Å². The highest BCUT2D eigenvalue weighted by atomic mass is 35.5. The Morgan fingerprint density at radius 3 is 2.74 bits per heavy atom. The first-order valence-electron chi connectivity index (χ1n) is 5.62. The van der Waals surface area contributed by atoms with Gasteiger partial charge in [0.2, 0.25) is 0 Å². The van der Waals surface area contributed by atoms with Crippen LogP contribution in [0, 0.1) is 0 Å². The van der Waals surface area contributed by atoms with E-state index >= 15 is 0 Å². The van der Waals surface area contributed by atoms with Crippen molar-refractivity contribution in [2.45, 2.75) is 0 Å². The molecule has 0 bridgehead atoms. The molecule has 19 heavy (non-hydrogen) atoms. The zero-order chi connectivity index (χ0) is 13.2. The quantitative estimate of drug-likeness (QED) is 0.778. The van der Waals surface area contributed by atoms with Crippen molar-refractivity contribution >= 4 is 17.4 Å². The molecule has 0 amide bonds. The summed E-state index contributed by atoms with van der Waals surface area (Å²) in [4.78, 5) is 8.16. The Balaban J connectivity index is 2.10. The van der Waals surface area contributed by atoms with Gasteiger partial charge in [-0.3, -0.25) is 4.98 Å². The molecule has 0 saturated carbocycles. The van der Waals surface area contributed by atoms with Crippen LogP contribution in [0.4, 0.5) is 5.82 Å². The highest BCUT2D eigenvalue weighted by Crippen LogP contribution is 2.28. The average Bonchev–Trinajstić information content (AvgIpc) is 2.82. The maximum Gasteiger partial charge on any atom is 0.174 e. The van der Waals surface area contributed by atoms with Gasteiger partial charge in [0.25, 0.3) is 0 Å². The molecule has 2 aromatic heterocycles. The fraction of sp³-hybridized carbons (Fsp3) is 0. The fourth-order valence-corrected chi connectivity index (χ4v) is 2.01. The second kappa shape index (κ2) is 4.70. The lowest BCUT2D eigenvalue weighted by Gasteiger charge is -2.01. The van der Waals surface area contributed by atoms with Gasteiger partial charge in [0.1, 0.15) is 5.82 Å². The molecule has 0 spiro atoms. The summed E-state index contributed by atoms with van der Waals surface area (Å²) in [5.74, 6) is 1.05. The Labute approximate surface area is 114 Å². The van der Waals surface area contributed by atoms with E-state index in [-0.39, 0.29) is 0 Å². The van der Waals surface area contributed by atoms with Crippen molar-refractivity contribution in [3.63, 3.8) is 0 Å². The van der Waals surface area contributed by atoms with Crippen molar-refractivity contribution in [2.75, 3.05) is 5.73 Å². The molecule has 6 heteroatoms. The monoisotopic (exact) mass is 271 g/mol. The molecule has 5 nitrogen and oxygen atoms in total. The maximum absolute atomic E-state index is 6.15. The molecular weight excluding hydrogens is 262 g/mol. The van der Waals surface area contributed by atoms with Crippen LogP contribution in [0.5, 0.6) is 0 Å². The van der Waals surface area contributed by atoms with Gasteiger partial charge in [-0.2, -0.15) is 9.78 Å². The van der Waals surface area contributed by atoms with Crippen LogP contribution in [-0.2, 0) is 0 Å². The number of nitrogens with zero attached hydrogens (tertiary/aromatic N) is 4. The number of halogens is 1. The molecule has 3 rings (SSSR count). The third kappa shape index (κ3) is 2.15. The zero-order valence-electron chi connectivity index (χ0n) is 9.86. The van der Waals surface area contributed by atoms with Gasteiger partial charge in [-0.25, -0.2) is 4.98 Å². The van der Waals surface area contributed by atoms with Crippen LogP contribution < -0.4 is 5.73 Å². The summed E-state index contributed by atoms with van der Waals surface area (Å²) >= 11 is 6.15. The van der Waals surface area contributed by atoms with Crippen LogP contribution in [0.25, 0.3) is 17.1 Å². The first-order chi connectivity index (χ1) is 9.25. The third-order valence-electron chi connectivity index (χ3n) is 2.65. The molecule has 1 aromatic carbocycles.